The van der Waals surface area contributed by atoms with Crippen LogP contribution in [-0.4, -0.2) is 15.1 Å². The number of aromatic nitrogens is 2. The van der Waals surface area contributed by atoms with Crippen LogP contribution >= 0.6 is 0 Å². The Morgan fingerprint density at radius 3 is 2.19 bits per heavy atom. The van der Waals surface area contributed by atoms with Crippen molar-refractivity contribution >= 4 is 0 Å². The van der Waals surface area contributed by atoms with Gasteiger partial charge in [0.1, 0.15) is 11.6 Å². The van der Waals surface area contributed by atoms with Crippen LogP contribution < -0.4 is 0 Å². The standard InChI is InChI=1S/C13H14N2O/c1-2-3-13-14-8-11(9-15-13)10-4-6-12(16)7-5-10/h4-9,16H,2-3H2,1H3. The van der Waals surface area contributed by atoms with Crippen LogP contribution in [0.1, 0.15) is 19.2 Å². The summed E-state index contributed by atoms with van der Waals surface area (Å²) < 4.78 is 0. The fraction of sp³-hybridized carbons (Fsp3) is 0.231. The number of nitrogens with zero attached hydrogens (tertiary/aromatic N) is 2. The van der Waals surface area contributed by atoms with E-state index in [0.29, 0.717) is 0 Å². The molecule has 1 aromatic carbocycles. The van der Waals surface area contributed by atoms with Gasteiger partial charge in [0.25, 0.3) is 0 Å². The summed E-state index contributed by atoms with van der Waals surface area (Å²) in [5, 5.41) is 9.19. The number of hydrogen-bond acceptors (Lipinski definition) is 3. The van der Waals surface area contributed by atoms with Crippen LogP contribution in [-0.2, 0) is 6.42 Å². The van der Waals surface area contributed by atoms with E-state index in [-0.39, 0.29) is 5.75 Å². The van der Waals surface area contributed by atoms with Crippen molar-refractivity contribution in [2.24, 2.45) is 0 Å². The van der Waals surface area contributed by atoms with E-state index in [4.69, 9.17) is 0 Å². The number of aryl methyl sites for hydroxylation is 1. The molecule has 82 valence electrons. The molecule has 1 N–H and O–H groups in total. The van der Waals surface area contributed by atoms with Gasteiger partial charge in [-0.25, -0.2) is 9.97 Å². The van der Waals surface area contributed by atoms with E-state index in [1.54, 1.807) is 12.1 Å². The maximum absolute atomic E-state index is 9.19. The summed E-state index contributed by atoms with van der Waals surface area (Å²) in [7, 11) is 0. The van der Waals surface area contributed by atoms with Crippen molar-refractivity contribution in [2.45, 2.75) is 19.8 Å². The second-order valence-electron chi connectivity index (χ2n) is 3.68. The minimum atomic E-state index is 0.271. The monoisotopic (exact) mass is 214 g/mol. The summed E-state index contributed by atoms with van der Waals surface area (Å²) in [5.74, 6) is 1.15. The van der Waals surface area contributed by atoms with E-state index in [2.05, 4.69) is 16.9 Å². The first-order valence-electron chi connectivity index (χ1n) is 5.40. The van der Waals surface area contributed by atoms with Crippen LogP contribution in [0.2, 0.25) is 0 Å². The third-order valence-electron chi connectivity index (χ3n) is 2.38. The fourth-order valence-electron chi connectivity index (χ4n) is 1.51. The molecule has 16 heavy (non-hydrogen) atoms. The van der Waals surface area contributed by atoms with Crippen LogP contribution in [0.25, 0.3) is 11.1 Å². The number of benzene rings is 1. The lowest BCUT2D eigenvalue weighted by Gasteiger charge is -2.02. The van der Waals surface area contributed by atoms with Gasteiger partial charge in [-0.15, -0.1) is 0 Å². The van der Waals surface area contributed by atoms with Gasteiger partial charge >= 0.3 is 0 Å². The molecule has 0 aliphatic heterocycles. The van der Waals surface area contributed by atoms with Crippen LogP contribution in [0, 0.1) is 0 Å². The highest BCUT2D eigenvalue weighted by molar-refractivity contribution is 5.62. The molecule has 0 fully saturated rings. The molecule has 0 aliphatic rings. The molecule has 0 aliphatic carbocycles. The van der Waals surface area contributed by atoms with E-state index in [1.165, 1.54) is 0 Å². The molecule has 3 heteroatoms. The summed E-state index contributed by atoms with van der Waals surface area (Å²) in [6.07, 6.45) is 5.61. The highest BCUT2D eigenvalue weighted by Crippen LogP contribution is 2.20. The van der Waals surface area contributed by atoms with Crippen molar-refractivity contribution < 1.29 is 5.11 Å². The summed E-state index contributed by atoms with van der Waals surface area (Å²) in [6.45, 7) is 2.11. The second kappa shape index (κ2) is 4.75. The van der Waals surface area contributed by atoms with Crippen molar-refractivity contribution in [3.05, 3.63) is 42.5 Å². The van der Waals surface area contributed by atoms with E-state index < -0.39 is 0 Å². The lowest BCUT2D eigenvalue weighted by Crippen LogP contribution is -1.93. The molecule has 0 unspecified atom stereocenters. The van der Waals surface area contributed by atoms with Gasteiger partial charge in [0, 0.05) is 24.4 Å². The predicted molar refractivity (Wildman–Crippen MR) is 63.1 cm³/mol. The van der Waals surface area contributed by atoms with Crippen molar-refractivity contribution in [2.75, 3.05) is 0 Å². The van der Waals surface area contributed by atoms with Gasteiger partial charge in [0.15, 0.2) is 0 Å². The fourth-order valence-corrected chi connectivity index (χ4v) is 1.51. The van der Waals surface area contributed by atoms with Crippen molar-refractivity contribution in [1.82, 2.24) is 9.97 Å². The minimum absolute atomic E-state index is 0.271. The van der Waals surface area contributed by atoms with Crippen LogP contribution in [0.4, 0.5) is 0 Å². The highest BCUT2D eigenvalue weighted by atomic mass is 16.3. The number of aromatic hydroxyl groups is 1. The maximum Gasteiger partial charge on any atom is 0.128 e. The van der Waals surface area contributed by atoms with E-state index in [1.807, 2.05) is 24.5 Å². The number of rotatable bonds is 3. The molecular formula is C13H14N2O. The zero-order valence-corrected chi connectivity index (χ0v) is 9.22. The van der Waals surface area contributed by atoms with Crippen molar-refractivity contribution in [1.29, 1.82) is 0 Å². The quantitative estimate of drug-likeness (QED) is 0.854. The summed E-state index contributed by atoms with van der Waals surface area (Å²) >= 11 is 0. The topological polar surface area (TPSA) is 46.0 Å². The van der Waals surface area contributed by atoms with Crippen LogP contribution in [0.3, 0.4) is 0 Å². The first kappa shape index (κ1) is 10.6. The van der Waals surface area contributed by atoms with Crippen LogP contribution in [0.15, 0.2) is 36.7 Å². The van der Waals surface area contributed by atoms with Gasteiger partial charge in [-0.05, 0) is 24.1 Å². The average molecular weight is 214 g/mol. The Balaban J connectivity index is 2.24. The van der Waals surface area contributed by atoms with Gasteiger partial charge in [-0.1, -0.05) is 19.1 Å². The molecule has 0 radical (unpaired) electrons. The molecule has 0 bridgehead atoms. The first-order chi connectivity index (χ1) is 7.79. The first-order valence-corrected chi connectivity index (χ1v) is 5.40. The maximum atomic E-state index is 9.19. The van der Waals surface area contributed by atoms with Gasteiger partial charge in [0.2, 0.25) is 0 Å². The molecule has 0 saturated heterocycles. The number of phenols is 1. The molecule has 0 amide bonds. The molecule has 3 nitrogen and oxygen atoms in total. The second-order valence-corrected chi connectivity index (χ2v) is 3.68. The predicted octanol–water partition coefficient (Wildman–Crippen LogP) is 2.80. The minimum Gasteiger partial charge on any atom is -0.508 e. The SMILES string of the molecule is CCCc1ncc(-c2ccc(O)cc2)cn1. The highest BCUT2D eigenvalue weighted by Gasteiger charge is 2.00. The largest absolute Gasteiger partial charge is 0.508 e. The third kappa shape index (κ3) is 2.37. The Morgan fingerprint density at radius 1 is 1.00 bits per heavy atom. The Morgan fingerprint density at radius 2 is 1.62 bits per heavy atom. The van der Waals surface area contributed by atoms with E-state index in [9.17, 15) is 5.11 Å². The molecule has 1 heterocycles. The van der Waals surface area contributed by atoms with Crippen LogP contribution in [0.5, 0.6) is 5.75 Å². The number of hydrogen-bond donors (Lipinski definition) is 1. The van der Waals surface area contributed by atoms with Gasteiger partial charge < -0.3 is 5.11 Å². The zero-order chi connectivity index (χ0) is 11.4. The average Bonchev–Trinajstić information content (AvgIpc) is 2.32. The Labute approximate surface area is 94.8 Å². The molecule has 1 aromatic heterocycles. The Hall–Kier alpha value is -1.90. The van der Waals surface area contributed by atoms with Crippen molar-refractivity contribution in [3.63, 3.8) is 0 Å². The Bertz CT molecular complexity index is 448. The van der Waals surface area contributed by atoms with Crippen molar-refractivity contribution in [3.8, 4) is 16.9 Å². The summed E-state index contributed by atoms with van der Waals surface area (Å²) in [6, 6.07) is 7.03. The summed E-state index contributed by atoms with van der Waals surface area (Å²) in [4.78, 5) is 8.59. The molecule has 0 saturated carbocycles. The summed E-state index contributed by atoms with van der Waals surface area (Å²) in [5.41, 5.74) is 1.99. The molecule has 2 rings (SSSR count). The smallest absolute Gasteiger partial charge is 0.128 e. The van der Waals surface area contributed by atoms with Gasteiger partial charge in [-0.3, -0.25) is 0 Å². The van der Waals surface area contributed by atoms with E-state index in [0.717, 1.165) is 29.8 Å². The lowest BCUT2D eigenvalue weighted by atomic mass is 10.1. The molecule has 0 spiro atoms. The normalized spacial score (nSPS) is 10.3. The Kier molecular flexibility index (Phi) is 3.15. The lowest BCUT2D eigenvalue weighted by molar-refractivity contribution is 0.475. The number of phenolic OH excluding ortho intramolecular Hbond substituents is 1. The molecular weight excluding hydrogens is 200 g/mol. The van der Waals surface area contributed by atoms with Gasteiger partial charge in [-0.2, -0.15) is 0 Å². The third-order valence-corrected chi connectivity index (χ3v) is 2.38. The van der Waals surface area contributed by atoms with E-state index >= 15 is 0 Å². The van der Waals surface area contributed by atoms with Gasteiger partial charge in [0.05, 0.1) is 0 Å². The zero-order valence-electron chi connectivity index (χ0n) is 9.22. The molecule has 2 aromatic rings. The molecule has 0 atom stereocenters.